The van der Waals surface area contributed by atoms with Crippen molar-refractivity contribution < 1.29 is 23.6 Å². The Hall–Kier alpha value is -1.40. The molecule has 0 radical (unpaired) electrons. The van der Waals surface area contributed by atoms with E-state index in [2.05, 4.69) is 0 Å². The van der Waals surface area contributed by atoms with Gasteiger partial charge in [0.25, 0.3) is 0 Å². The first-order chi connectivity index (χ1) is 8.64. The van der Waals surface area contributed by atoms with Crippen molar-refractivity contribution >= 4 is 18.6 Å². The molecule has 0 saturated carbocycles. The first-order valence-electron chi connectivity index (χ1n) is 6.02. The maximum absolute atomic E-state index is 13.6. The summed E-state index contributed by atoms with van der Waals surface area (Å²) >= 11 is 0. The minimum atomic E-state index is -1.29. The Morgan fingerprint density at radius 2 is 1.74 bits per heavy atom. The number of carboxylic acid groups (broad SMARTS) is 1. The van der Waals surface area contributed by atoms with Crippen molar-refractivity contribution in [1.82, 2.24) is 0 Å². The van der Waals surface area contributed by atoms with E-state index < -0.39 is 30.1 Å². The largest absolute Gasteiger partial charge is 0.494 e. The number of carboxylic acids is 1. The topological polar surface area (TPSA) is 55.8 Å². The molecule has 6 heteroatoms. The number of benzene rings is 1. The zero-order chi connectivity index (χ0) is 14.4. The van der Waals surface area contributed by atoms with E-state index in [-0.39, 0.29) is 5.56 Å². The Morgan fingerprint density at radius 3 is 2.16 bits per heavy atom. The third kappa shape index (κ3) is 2.38. The van der Waals surface area contributed by atoms with E-state index in [4.69, 9.17) is 14.4 Å². The van der Waals surface area contributed by atoms with Gasteiger partial charge in [-0.1, -0.05) is 6.07 Å². The van der Waals surface area contributed by atoms with Crippen molar-refractivity contribution in [3.8, 4) is 0 Å². The van der Waals surface area contributed by atoms with Gasteiger partial charge in [-0.3, -0.25) is 0 Å². The van der Waals surface area contributed by atoms with Gasteiger partial charge in [-0.25, -0.2) is 9.18 Å². The molecule has 1 fully saturated rings. The Kier molecular flexibility index (Phi) is 3.19. The van der Waals surface area contributed by atoms with Crippen LogP contribution >= 0.6 is 0 Å². The molecule has 0 aliphatic carbocycles. The lowest BCUT2D eigenvalue weighted by Crippen LogP contribution is -2.41. The van der Waals surface area contributed by atoms with Gasteiger partial charge in [0.05, 0.1) is 16.8 Å². The molecule has 0 aromatic heterocycles. The third-order valence-electron chi connectivity index (χ3n) is 3.75. The molecule has 1 aromatic rings. The van der Waals surface area contributed by atoms with Gasteiger partial charge < -0.3 is 14.4 Å². The predicted octanol–water partition coefficient (Wildman–Crippen LogP) is 1.82. The van der Waals surface area contributed by atoms with E-state index in [1.807, 2.05) is 27.7 Å². The number of aromatic carboxylic acids is 1. The molecule has 1 aliphatic heterocycles. The van der Waals surface area contributed by atoms with Gasteiger partial charge >= 0.3 is 13.1 Å². The van der Waals surface area contributed by atoms with E-state index in [0.29, 0.717) is 5.46 Å². The minimum absolute atomic E-state index is 0.361. The third-order valence-corrected chi connectivity index (χ3v) is 3.75. The highest BCUT2D eigenvalue weighted by molar-refractivity contribution is 6.62. The van der Waals surface area contributed by atoms with E-state index in [0.717, 1.165) is 6.07 Å². The van der Waals surface area contributed by atoms with Crippen molar-refractivity contribution in [2.75, 3.05) is 0 Å². The quantitative estimate of drug-likeness (QED) is 0.829. The molecule has 0 atom stereocenters. The van der Waals surface area contributed by atoms with E-state index >= 15 is 0 Å². The Labute approximate surface area is 111 Å². The summed E-state index contributed by atoms with van der Waals surface area (Å²) in [5.41, 5.74) is -0.916. The fraction of sp³-hybridized carbons (Fsp3) is 0.462. The van der Waals surface area contributed by atoms with Crippen LogP contribution in [-0.2, 0) is 9.31 Å². The molecule has 1 N–H and O–H groups in total. The fourth-order valence-corrected chi connectivity index (χ4v) is 1.83. The number of carbonyl (C=O) groups is 1. The number of hydrogen-bond acceptors (Lipinski definition) is 3. The minimum Gasteiger partial charge on any atom is -0.478 e. The molecular weight excluding hydrogens is 250 g/mol. The Bertz CT molecular complexity index is 511. The van der Waals surface area contributed by atoms with Gasteiger partial charge in [0.2, 0.25) is 0 Å². The fourth-order valence-electron chi connectivity index (χ4n) is 1.83. The van der Waals surface area contributed by atoms with Crippen molar-refractivity contribution in [2.24, 2.45) is 0 Å². The molecule has 4 nitrogen and oxygen atoms in total. The smallest absolute Gasteiger partial charge is 0.478 e. The average Bonchev–Trinajstić information content (AvgIpc) is 2.47. The van der Waals surface area contributed by atoms with Crippen LogP contribution in [0.25, 0.3) is 0 Å². The Morgan fingerprint density at radius 1 is 1.21 bits per heavy atom. The van der Waals surface area contributed by atoms with Crippen LogP contribution in [0.3, 0.4) is 0 Å². The molecule has 102 valence electrons. The van der Waals surface area contributed by atoms with E-state index in [1.54, 1.807) is 0 Å². The molecule has 0 bridgehead atoms. The highest BCUT2D eigenvalue weighted by atomic mass is 19.1. The van der Waals surface area contributed by atoms with E-state index in [9.17, 15) is 9.18 Å². The van der Waals surface area contributed by atoms with Gasteiger partial charge in [-0.15, -0.1) is 0 Å². The summed E-state index contributed by atoms with van der Waals surface area (Å²) in [5.74, 6) is -2.09. The Balaban J connectivity index is 2.31. The molecule has 0 unspecified atom stereocenters. The molecule has 19 heavy (non-hydrogen) atoms. The number of rotatable bonds is 2. The highest BCUT2D eigenvalue weighted by Gasteiger charge is 2.51. The molecule has 0 amide bonds. The van der Waals surface area contributed by atoms with E-state index in [1.165, 1.54) is 12.1 Å². The number of halogens is 1. The molecule has 1 aromatic carbocycles. The summed E-state index contributed by atoms with van der Waals surface area (Å²) < 4.78 is 25.2. The molecule has 1 saturated heterocycles. The van der Waals surface area contributed by atoms with Gasteiger partial charge in [0.15, 0.2) is 0 Å². The van der Waals surface area contributed by atoms with Crippen LogP contribution < -0.4 is 5.46 Å². The summed E-state index contributed by atoms with van der Waals surface area (Å²) in [6, 6.07) is 3.87. The van der Waals surface area contributed by atoms with Crippen molar-refractivity contribution in [3.05, 3.63) is 29.6 Å². The summed E-state index contributed by atoms with van der Waals surface area (Å²) in [4.78, 5) is 10.8. The van der Waals surface area contributed by atoms with Crippen LogP contribution in [0.15, 0.2) is 18.2 Å². The van der Waals surface area contributed by atoms with Crippen molar-refractivity contribution in [2.45, 2.75) is 38.9 Å². The second-order valence-corrected chi connectivity index (χ2v) is 5.63. The normalized spacial score (nSPS) is 20.6. The lowest BCUT2D eigenvalue weighted by Gasteiger charge is -2.32. The lowest BCUT2D eigenvalue weighted by atomic mass is 9.78. The lowest BCUT2D eigenvalue weighted by molar-refractivity contribution is 0.00578. The second kappa shape index (κ2) is 4.32. The van der Waals surface area contributed by atoms with Crippen molar-refractivity contribution in [1.29, 1.82) is 0 Å². The maximum atomic E-state index is 13.6. The zero-order valence-electron chi connectivity index (χ0n) is 11.4. The number of hydrogen-bond donors (Lipinski definition) is 1. The van der Waals surface area contributed by atoms with Crippen LogP contribution in [0.4, 0.5) is 4.39 Å². The molecular formula is C13H16BFO4. The van der Waals surface area contributed by atoms with Gasteiger partial charge in [-0.05, 0) is 45.3 Å². The van der Waals surface area contributed by atoms with Crippen LogP contribution in [0.1, 0.15) is 38.1 Å². The molecule has 0 spiro atoms. The average molecular weight is 266 g/mol. The van der Waals surface area contributed by atoms with Crippen molar-refractivity contribution in [3.63, 3.8) is 0 Å². The summed E-state index contributed by atoms with van der Waals surface area (Å²) in [6.07, 6.45) is 0. The van der Waals surface area contributed by atoms with Crippen LogP contribution in [0, 0.1) is 5.82 Å². The monoisotopic (exact) mass is 266 g/mol. The SMILES string of the molecule is CC1(C)OB(c2ccc(C(=O)O)c(F)c2)OC1(C)C. The maximum Gasteiger partial charge on any atom is 0.494 e. The van der Waals surface area contributed by atoms with Gasteiger partial charge in [0, 0.05) is 0 Å². The van der Waals surface area contributed by atoms with Gasteiger partial charge in [0.1, 0.15) is 5.82 Å². The first kappa shape index (κ1) is 14.0. The van der Waals surface area contributed by atoms with Crippen LogP contribution in [0.2, 0.25) is 0 Å². The van der Waals surface area contributed by atoms with Gasteiger partial charge in [-0.2, -0.15) is 0 Å². The zero-order valence-corrected chi connectivity index (χ0v) is 11.4. The highest BCUT2D eigenvalue weighted by Crippen LogP contribution is 2.36. The predicted molar refractivity (Wildman–Crippen MR) is 69.1 cm³/mol. The second-order valence-electron chi connectivity index (χ2n) is 5.63. The van der Waals surface area contributed by atoms with Crippen LogP contribution in [-0.4, -0.2) is 29.4 Å². The molecule has 1 aliphatic rings. The summed E-state index contributed by atoms with van der Waals surface area (Å²) in [5, 5.41) is 8.79. The van der Waals surface area contributed by atoms with Crippen LogP contribution in [0.5, 0.6) is 0 Å². The summed E-state index contributed by atoms with van der Waals surface area (Å²) in [6.45, 7) is 7.59. The molecule has 2 rings (SSSR count). The standard InChI is InChI=1S/C13H16BFO4/c1-12(2)13(3,4)19-14(18-12)8-5-6-9(11(16)17)10(15)7-8/h5-7H,1-4H3,(H,16,17). The summed E-state index contributed by atoms with van der Waals surface area (Å²) in [7, 11) is -0.692. The first-order valence-corrected chi connectivity index (χ1v) is 6.02. The molecule has 1 heterocycles.